The first-order valence-electron chi connectivity index (χ1n) is 21.4. The maximum atomic E-state index is 6.36. The molecule has 0 bridgehead atoms. The highest BCUT2D eigenvalue weighted by Gasteiger charge is 2.46. The fraction of sp³-hybridized carbons (Fsp3) is 0.0333. The molecule has 1 aromatic heterocycles. The van der Waals surface area contributed by atoms with Gasteiger partial charge in [0.15, 0.2) is 0 Å². The number of hydrogen-bond acceptors (Lipinski definition) is 2. The number of fused-ring (bicyclic) bond motifs is 7. The lowest BCUT2D eigenvalue weighted by Crippen LogP contribution is -2.28. The number of aryl methyl sites for hydroxylation is 1. The Bertz CT molecular complexity index is 3420. The monoisotopic (exact) mass is 791 g/mol. The molecule has 2 heteroatoms. The number of hydrogen-bond donors (Lipinski definition) is 0. The first-order valence-corrected chi connectivity index (χ1v) is 21.4. The van der Waals surface area contributed by atoms with Gasteiger partial charge in [-0.05, 0) is 127 Å². The molecule has 0 saturated carbocycles. The standard InChI is InChI=1S/C60H41NO/c1-40-16-15-26-54-58(40)52-36-33-48(39-55(52)60(54,44-20-7-3-8-21-44)45-22-9-4-10-23-45)61(47-34-37-57-53(38-47)51-25-13-14-27-56(51)62-57)46-31-28-42(29-32-46)50-35-30-41-17-11-12-24-49(41)59(50)43-18-5-2-6-19-43/h2-39H,1H3. The summed E-state index contributed by atoms with van der Waals surface area (Å²) in [5, 5.41) is 4.68. The van der Waals surface area contributed by atoms with E-state index in [0.29, 0.717) is 0 Å². The van der Waals surface area contributed by atoms with Crippen LogP contribution in [0.5, 0.6) is 0 Å². The van der Waals surface area contributed by atoms with E-state index in [4.69, 9.17) is 4.42 Å². The Morgan fingerprint density at radius 2 is 0.968 bits per heavy atom. The van der Waals surface area contributed by atoms with Gasteiger partial charge in [-0.3, -0.25) is 0 Å². The van der Waals surface area contributed by atoms with Crippen LogP contribution in [0.3, 0.4) is 0 Å². The van der Waals surface area contributed by atoms with Gasteiger partial charge in [0.1, 0.15) is 11.2 Å². The molecule has 0 aliphatic heterocycles. The molecule has 11 aromatic rings. The summed E-state index contributed by atoms with van der Waals surface area (Å²) in [6, 6.07) is 84.1. The molecule has 0 fully saturated rings. The Labute approximate surface area is 361 Å². The highest BCUT2D eigenvalue weighted by atomic mass is 16.3. The largest absolute Gasteiger partial charge is 0.456 e. The number of para-hydroxylation sites is 1. The van der Waals surface area contributed by atoms with Crippen LogP contribution in [-0.2, 0) is 5.41 Å². The van der Waals surface area contributed by atoms with Crippen molar-refractivity contribution in [3.05, 3.63) is 258 Å². The lowest BCUT2D eigenvalue weighted by molar-refractivity contribution is 0.669. The van der Waals surface area contributed by atoms with Crippen molar-refractivity contribution in [3.8, 4) is 33.4 Å². The van der Waals surface area contributed by atoms with Gasteiger partial charge in [0.05, 0.1) is 5.41 Å². The maximum absolute atomic E-state index is 6.36. The normalized spacial score (nSPS) is 12.7. The molecular weight excluding hydrogens is 751 g/mol. The molecule has 0 radical (unpaired) electrons. The van der Waals surface area contributed by atoms with Gasteiger partial charge in [0, 0.05) is 27.8 Å². The van der Waals surface area contributed by atoms with Crippen LogP contribution in [-0.4, -0.2) is 0 Å². The van der Waals surface area contributed by atoms with E-state index in [0.717, 1.165) is 39.0 Å². The molecule has 0 saturated heterocycles. The van der Waals surface area contributed by atoms with Crippen LogP contribution in [0.15, 0.2) is 235 Å². The lowest BCUT2D eigenvalue weighted by Gasteiger charge is -2.35. The van der Waals surface area contributed by atoms with Crippen molar-refractivity contribution in [3.63, 3.8) is 0 Å². The van der Waals surface area contributed by atoms with E-state index in [-0.39, 0.29) is 0 Å². The van der Waals surface area contributed by atoms with Gasteiger partial charge in [0.25, 0.3) is 0 Å². The van der Waals surface area contributed by atoms with E-state index >= 15 is 0 Å². The average Bonchev–Trinajstić information content (AvgIpc) is 3.86. The number of nitrogens with zero attached hydrogens (tertiary/aromatic N) is 1. The van der Waals surface area contributed by atoms with Crippen molar-refractivity contribution in [2.45, 2.75) is 12.3 Å². The van der Waals surface area contributed by atoms with Crippen molar-refractivity contribution in [1.82, 2.24) is 0 Å². The minimum atomic E-state index is -0.528. The van der Waals surface area contributed by atoms with Crippen LogP contribution in [0.4, 0.5) is 17.1 Å². The highest BCUT2D eigenvalue weighted by molar-refractivity contribution is 6.07. The third-order valence-corrected chi connectivity index (χ3v) is 13.1. The van der Waals surface area contributed by atoms with Gasteiger partial charge < -0.3 is 9.32 Å². The molecule has 0 atom stereocenters. The zero-order valence-electron chi connectivity index (χ0n) is 34.3. The van der Waals surface area contributed by atoms with Crippen molar-refractivity contribution in [1.29, 1.82) is 0 Å². The number of benzene rings is 10. The number of furan rings is 1. The Morgan fingerprint density at radius 3 is 1.73 bits per heavy atom. The zero-order valence-corrected chi connectivity index (χ0v) is 34.3. The summed E-state index contributed by atoms with van der Waals surface area (Å²) in [5.41, 5.74) is 18.2. The van der Waals surface area contributed by atoms with E-state index in [1.165, 1.54) is 72.0 Å². The summed E-state index contributed by atoms with van der Waals surface area (Å²) < 4.78 is 6.36. The third kappa shape index (κ3) is 5.50. The summed E-state index contributed by atoms with van der Waals surface area (Å²) in [4.78, 5) is 2.42. The summed E-state index contributed by atoms with van der Waals surface area (Å²) in [5.74, 6) is 0. The molecule has 62 heavy (non-hydrogen) atoms. The molecule has 10 aromatic carbocycles. The molecule has 12 rings (SSSR count). The average molecular weight is 792 g/mol. The fourth-order valence-corrected chi connectivity index (χ4v) is 10.4. The first kappa shape index (κ1) is 36.0. The van der Waals surface area contributed by atoms with Gasteiger partial charge >= 0.3 is 0 Å². The van der Waals surface area contributed by atoms with Crippen LogP contribution in [0.25, 0.3) is 66.1 Å². The third-order valence-electron chi connectivity index (χ3n) is 13.1. The highest BCUT2D eigenvalue weighted by Crippen LogP contribution is 2.58. The minimum absolute atomic E-state index is 0.528. The molecule has 1 aliphatic rings. The van der Waals surface area contributed by atoms with E-state index < -0.39 is 5.41 Å². The number of anilines is 3. The Morgan fingerprint density at radius 1 is 0.371 bits per heavy atom. The van der Waals surface area contributed by atoms with Crippen molar-refractivity contribution in [2.75, 3.05) is 4.90 Å². The van der Waals surface area contributed by atoms with E-state index in [9.17, 15) is 0 Å². The fourth-order valence-electron chi connectivity index (χ4n) is 10.4. The molecule has 2 nitrogen and oxygen atoms in total. The van der Waals surface area contributed by atoms with Crippen molar-refractivity contribution < 1.29 is 4.42 Å². The lowest BCUT2D eigenvalue weighted by atomic mass is 9.67. The molecule has 292 valence electrons. The second-order valence-electron chi connectivity index (χ2n) is 16.4. The molecule has 0 N–H and O–H groups in total. The molecule has 1 heterocycles. The van der Waals surface area contributed by atoms with Crippen LogP contribution in [0, 0.1) is 6.92 Å². The van der Waals surface area contributed by atoms with Gasteiger partial charge in [-0.15, -0.1) is 0 Å². The van der Waals surface area contributed by atoms with E-state index in [1.807, 2.05) is 6.07 Å². The van der Waals surface area contributed by atoms with Crippen molar-refractivity contribution in [2.24, 2.45) is 0 Å². The molecule has 0 spiro atoms. The minimum Gasteiger partial charge on any atom is -0.456 e. The molecule has 1 aliphatic carbocycles. The summed E-state index contributed by atoms with van der Waals surface area (Å²) in [6.07, 6.45) is 0. The second kappa shape index (κ2) is 14.4. The summed E-state index contributed by atoms with van der Waals surface area (Å²) in [6.45, 7) is 2.25. The quantitative estimate of drug-likeness (QED) is 0.160. The summed E-state index contributed by atoms with van der Waals surface area (Å²) in [7, 11) is 0. The maximum Gasteiger partial charge on any atom is 0.135 e. The molecule has 0 unspecified atom stereocenters. The van der Waals surface area contributed by atoms with Crippen LogP contribution in [0.1, 0.15) is 27.8 Å². The molecular formula is C60H41NO. The molecule has 0 amide bonds. The SMILES string of the molecule is Cc1cccc2c1-c1ccc(N(c3ccc(-c4ccc5ccccc5c4-c4ccccc4)cc3)c3ccc4oc5ccccc5c4c3)cc1C2(c1ccccc1)c1ccccc1. The summed E-state index contributed by atoms with van der Waals surface area (Å²) >= 11 is 0. The van der Waals surface area contributed by atoms with Crippen LogP contribution < -0.4 is 4.90 Å². The van der Waals surface area contributed by atoms with Gasteiger partial charge in [-0.1, -0.05) is 182 Å². The van der Waals surface area contributed by atoms with E-state index in [2.05, 4.69) is 236 Å². The van der Waals surface area contributed by atoms with Gasteiger partial charge in [-0.25, -0.2) is 0 Å². The van der Waals surface area contributed by atoms with E-state index in [1.54, 1.807) is 0 Å². The Balaban J connectivity index is 1.09. The van der Waals surface area contributed by atoms with Crippen molar-refractivity contribution >= 4 is 49.8 Å². The van der Waals surface area contributed by atoms with Crippen LogP contribution in [0.2, 0.25) is 0 Å². The Kier molecular flexibility index (Phi) is 8.33. The van der Waals surface area contributed by atoms with Crippen LogP contribution >= 0.6 is 0 Å². The van der Waals surface area contributed by atoms with Gasteiger partial charge in [-0.2, -0.15) is 0 Å². The zero-order chi connectivity index (χ0) is 41.2. The van der Waals surface area contributed by atoms with Gasteiger partial charge in [0.2, 0.25) is 0 Å². The Hall–Kier alpha value is -7.94. The first-order chi connectivity index (χ1) is 30.7. The number of rotatable bonds is 7. The predicted octanol–water partition coefficient (Wildman–Crippen LogP) is 16.2. The smallest absolute Gasteiger partial charge is 0.135 e. The predicted molar refractivity (Wildman–Crippen MR) is 259 cm³/mol. The second-order valence-corrected chi connectivity index (χ2v) is 16.4. The topological polar surface area (TPSA) is 16.4 Å².